The van der Waals surface area contributed by atoms with E-state index >= 15 is 0 Å². The number of para-hydroxylation sites is 1. The van der Waals surface area contributed by atoms with Crippen molar-refractivity contribution in [2.24, 2.45) is 0 Å². The van der Waals surface area contributed by atoms with E-state index in [4.69, 9.17) is 11.6 Å². The summed E-state index contributed by atoms with van der Waals surface area (Å²) in [6.07, 6.45) is 4.03. The molecule has 0 fully saturated rings. The third kappa shape index (κ3) is 3.64. The molecule has 0 aromatic heterocycles. The van der Waals surface area contributed by atoms with Crippen LogP contribution in [0.4, 0.5) is 5.69 Å². The van der Waals surface area contributed by atoms with Crippen molar-refractivity contribution in [2.75, 3.05) is 4.90 Å². The maximum atomic E-state index is 13.5. The van der Waals surface area contributed by atoms with Gasteiger partial charge in [-0.1, -0.05) is 54.1 Å². The maximum absolute atomic E-state index is 13.5. The summed E-state index contributed by atoms with van der Waals surface area (Å²) in [4.78, 5) is 28.2. The van der Waals surface area contributed by atoms with E-state index in [0.717, 1.165) is 24.8 Å². The number of Topliss-reactive ketones (excluding diaryl/α,β-unsaturated/α-hetero) is 1. The summed E-state index contributed by atoms with van der Waals surface area (Å²) in [7, 11) is 0. The van der Waals surface area contributed by atoms with Gasteiger partial charge in [0.25, 0.3) is 5.91 Å². The minimum atomic E-state index is -1.88. The van der Waals surface area contributed by atoms with Crippen molar-refractivity contribution < 1.29 is 14.7 Å². The van der Waals surface area contributed by atoms with Crippen LogP contribution in [-0.4, -0.2) is 16.8 Å². The molecule has 3 aromatic carbocycles. The molecule has 1 heterocycles. The number of ketones is 1. The van der Waals surface area contributed by atoms with E-state index in [1.54, 1.807) is 29.2 Å². The van der Waals surface area contributed by atoms with E-state index < -0.39 is 11.5 Å². The highest BCUT2D eigenvalue weighted by molar-refractivity contribution is 6.30. The van der Waals surface area contributed by atoms with Crippen LogP contribution in [0.2, 0.25) is 5.02 Å². The van der Waals surface area contributed by atoms with Gasteiger partial charge in [0.1, 0.15) is 0 Å². The van der Waals surface area contributed by atoms with E-state index in [9.17, 15) is 14.7 Å². The lowest BCUT2D eigenvalue weighted by Crippen LogP contribution is -2.41. The predicted octanol–water partition coefficient (Wildman–Crippen LogP) is 5.23. The first kappa shape index (κ1) is 20.9. The van der Waals surface area contributed by atoms with Crippen LogP contribution >= 0.6 is 11.6 Å². The number of hydrogen-bond donors (Lipinski definition) is 1. The molecule has 2 aliphatic rings. The van der Waals surface area contributed by atoms with Gasteiger partial charge in [-0.2, -0.15) is 0 Å². The van der Waals surface area contributed by atoms with Crippen LogP contribution < -0.4 is 4.90 Å². The van der Waals surface area contributed by atoms with Crippen molar-refractivity contribution >= 4 is 29.0 Å². The van der Waals surface area contributed by atoms with E-state index in [1.165, 1.54) is 17.5 Å². The van der Waals surface area contributed by atoms with Crippen molar-refractivity contribution in [1.29, 1.82) is 0 Å². The molecular weight excluding hydrogens is 422 g/mol. The molecule has 1 amide bonds. The summed E-state index contributed by atoms with van der Waals surface area (Å²) in [6.45, 7) is 0.294. The fourth-order valence-corrected chi connectivity index (χ4v) is 4.97. The smallest absolute Gasteiger partial charge is 0.264 e. The molecule has 32 heavy (non-hydrogen) atoms. The van der Waals surface area contributed by atoms with Gasteiger partial charge in [0.2, 0.25) is 0 Å². The van der Waals surface area contributed by atoms with Gasteiger partial charge in [0.15, 0.2) is 11.4 Å². The normalized spacial score (nSPS) is 19.6. The number of carbonyl (C=O) groups is 2. The largest absolute Gasteiger partial charge is 0.375 e. The van der Waals surface area contributed by atoms with Crippen molar-refractivity contribution in [3.8, 4) is 0 Å². The number of carbonyl (C=O) groups excluding carboxylic acids is 2. The summed E-state index contributed by atoms with van der Waals surface area (Å²) in [5.74, 6) is -0.697. The number of aliphatic hydroxyl groups is 1. The number of nitrogens with zero attached hydrogens (tertiary/aromatic N) is 1. The van der Waals surface area contributed by atoms with Gasteiger partial charge in [-0.15, -0.1) is 0 Å². The number of rotatable bonds is 5. The Balaban J connectivity index is 1.44. The first-order chi connectivity index (χ1) is 15.5. The number of amides is 1. The lowest BCUT2D eigenvalue weighted by atomic mass is 9.85. The van der Waals surface area contributed by atoms with Crippen molar-refractivity contribution in [3.63, 3.8) is 0 Å². The highest BCUT2D eigenvalue weighted by atomic mass is 35.5. The van der Waals surface area contributed by atoms with Crippen LogP contribution in [0.25, 0.3) is 0 Å². The number of anilines is 1. The van der Waals surface area contributed by atoms with Crippen LogP contribution in [0.1, 0.15) is 51.9 Å². The highest BCUT2D eigenvalue weighted by Gasteiger charge is 2.50. The summed E-state index contributed by atoms with van der Waals surface area (Å²) in [6, 6.07) is 20.2. The molecule has 0 unspecified atom stereocenters. The molecule has 3 aromatic rings. The van der Waals surface area contributed by atoms with Crippen LogP contribution in [-0.2, 0) is 29.8 Å². The second-order valence-electron chi connectivity index (χ2n) is 8.69. The fraction of sp³-hybridized carbons (Fsp3) is 0.259. The average Bonchev–Trinajstić information content (AvgIpc) is 3.02. The van der Waals surface area contributed by atoms with Crippen molar-refractivity contribution in [2.45, 2.75) is 44.2 Å². The van der Waals surface area contributed by atoms with Gasteiger partial charge in [-0.05, 0) is 66.6 Å². The first-order valence-electron chi connectivity index (χ1n) is 11.0. The molecule has 1 aliphatic heterocycles. The SMILES string of the molecule is O=C(C[C@]1(O)C(=O)N(Cc2ccc(Cl)cc2)c2ccccc21)c1ccc2c(c1)CCCC2. The monoisotopic (exact) mass is 445 g/mol. The molecule has 1 aliphatic carbocycles. The second kappa shape index (κ2) is 8.19. The average molecular weight is 446 g/mol. The number of fused-ring (bicyclic) bond motifs is 2. The molecule has 0 saturated heterocycles. The summed E-state index contributed by atoms with van der Waals surface area (Å²) >= 11 is 5.99. The Labute approximate surface area is 192 Å². The lowest BCUT2D eigenvalue weighted by molar-refractivity contribution is -0.136. The molecule has 4 nitrogen and oxygen atoms in total. The fourth-order valence-electron chi connectivity index (χ4n) is 4.85. The van der Waals surface area contributed by atoms with Crippen molar-refractivity contribution in [3.05, 3.63) is 99.6 Å². The zero-order chi connectivity index (χ0) is 22.3. The zero-order valence-corrected chi connectivity index (χ0v) is 18.4. The van der Waals surface area contributed by atoms with Gasteiger partial charge in [0, 0.05) is 16.1 Å². The Morgan fingerprint density at radius 3 is 2.47 bits per heavy atom. The lowest BCUT2D eigenvalue weighted by Gasteiger charge is -2.23. The van der Waals surface area contributed by atoms with E-state index in [-0.39, 0.29) is 12.2 Å². The summed E-state index contributed by atoms with van der Waals surface area (Å²) in [5.41, 5.74) is 3.18. The van der Waals surface area contributed by atoms with Crippen LogP contribution in [0.5, 0.6) is 0 Å². The minimum Gasteiger partial charge on any atom is -0.375 e. The Morgan fingerprint density at radius 2 is 1.69 bits per heavy atom. The number of hydrogen-bond acceptors (Lipinski definition) is 3. The zero-order valence-electron chi connectivity index (χ0n) is 17.7. The molecular formula is C27H24ClNO3. The Hall–Kier alpha value is -2.95. The predicted molar refractivity (Wildman–Crippen MR) is 125 cm³/mol. The molecule has 1 atom stereocenters. The van der Waals surface area contributed by atoms with Crippen LogP contribution in [0.15, 0.2) is 66.7 Å². The van der Waals surface area contributed by atoms with Gasteiger partial charge in [-0.25, -0.2) is 0 Å². The molecule has 0 saturated carbocycles. The van der Waals surface area contributed by atoms with Gasteiger partial charge >= 0.3 is 0 Å². The Kier molecular flexibility index (Phi) is 5.36. The van der Waals surface area contributed by atoms with E-state index in [1.807, 2.05) is 42.5 Å². The van der Waals surface area contributed by atoms with Crippen LogP contribution in [0.3, 0.4) is 0 Å². The second-order valence-corrected chi connectivity index (χ2v) is 9.12. The molecule has 1 N–H and O–H groups in total. The van der Waals surface area contributed by atoms with Gasteiger partial charge in [0.05, 0.1) is 18.7 Å². The van der Waals surface area contributed by atoms with E-state index in [0.29, 0.717) is 28.4 Å². The number of halogens is 1. The Morgan fingerprint density at radius 1 is 0.969 bits per heavy atom. The molecule has 0 spiro atoms. The quantitative estimate of drug-likeness (QED) is 0.547. The topological polar surface area (TPSA) is 57.6 Å². The number of aryl methyl sites for hydroxylation is 2. The molecule has 0 bridgehead atoms. The summed E-state index contributed by atoms with van der Waals surface area (Å²) < 4.78 is 0. The first-order valence-corrected chi connectivity index (χ1v) is 11.4. The van der Waals surface area contributed by atoms with Crippen LogP contribution in [0, 0.1) is 0 Å². The van der Waals surface area contributed by atoms with E-state index in [2.05, 4.69) is 0 Å². The minimum absolute atomic E-state index is 0.225. The molecule has 5 heteroatoms. The maximum Gasteiger partial charge on any atom is 0.264 e. The number of benzene rings is 3. The third-order valence-corrected chi connectivity index (χ3v) is 6.83. The van der Waals surface area contributed by atoms with Crippen molar-refractivity contribution in [1.82, 2.24) is 0 Å². The highest BCUT2D eigenvalue weighted by Crippen LogP contribution is 2.43. The molecule has 5 rings (SSSR count). The Bertz CT molecular complexity index is 1200. The standard InChI is InChI=1S/C27H24ClNO3/c28-22-13-9-18(10-14-22)17-29-24-8-4-3-7-23(24)27(32,26(29)31)16-25(30)21-12-11-19-5-1-2-6-20(19)15-21/h3-4,7-15,32H,1-2,5-6,16-17H2/t27-/m1/s1. The van der Waals surface area contributed by atoms with Gasteiger partial charge in [-0.3, -0.25) is 9.59 Å². The third-order valence-electron chi connectivity index (χ3n) is 6.58. The van der Waals surface area contributed by atoms with Gasteiger partial charge < -0.3 is 10.0 Å². The molecule has 162 valence electrons. The summed E-state index contributed by atoms with van der Waals surface area (Å²) in [5, 5.41) is 12.2. The molecule has 0 radical (unpaired) electrons.